The molecule has 0 bridgehead atoms. The number of nitrogens with one attached hydrogen (secondary N) is 1. The Morgan fingerprint density at radius 1 is 1.05 bits per heavy atom. The summed E-state index contributed by atoms with van der Waals surface area (Å²) < 4.78 is 0. The van der Waals surface area contributed by atoms with Crippen LogP contribution in [0, 0.1) is 5.92 Å². The monoisotopic (exact) mass is 268 g/mol. The number of nitrogens with zero attached hydrogens (tertiary/aromatic N) is 1. The van der Waals surface area contributed by atoms with Gasteiger partial charge in [-0.3, -0.25) is 4.90 Å². The largest absolute Gasteiger partial charge is 0.312 e. The predicted molar refractivity (Wildman–Crippen MR) is 85.7 cm³/mol. The summed E-state index contributed by atoms with van der Waals surface area (Å²) in [7, 11) is 0. The molecule has 1 unspecified atom stereocenters. The van der Waals surface area contributed by atoms with Gasteiger partial charge in [-0.25, -0.2) is 0 Å². The molecule has 0 heterocycles. The lowest BCUT2D eigenvalue weighted by Crippen LogP contribution is -2.61. The first-order valence-corrected chi connectivity index (χ1v) is 8.66. The third-order valence-electron chi connectivity index (χ3n) is 5.51. The molecule has 0 aromatic rings. The van der Waals surface area contributed by atoms with Gasteiger partial charge in [0.25, 0.3) is 0 Å². The lowest BCUT2D eigenvalue weighted by molar-refractivity contribution is 0.0348. The van der Waals surface area contributed by atoms with Crippen molar-refractivity contribution in [2.24, 2.45) is 5.92 Å². The highest BCUT2D eigenvalue weighted by molar-refractivity contribution is 4.99. The van der Waals surface area contributed by atoms with E-state index in [1.807, 2.05) is 0 Å². The van der Waals surface area contributed by atoms with E-state index in [9.17, 15) is 0 Å². The maximum absolute atomic E-state index is 3.83. The Labute approximate surface area is 121 Å². The Kier molecular flexibility index (Phi) is 7.38. The molecule has 0 radical (unpaired) electrons. The Hall–Kier alpha value is -0.0800. The van der Waals surface area contributed by atoms with E-state index in [0.717, 1.165) is 12.5 Å². The molecule has 0 amide bonds. The van der Waals surface area contributed by atoms with Gasteiger partial charge in [-0.15, -0.1) is 0 Å². The lowest BCUT2D eigenvalue weighted by Gasteiger charge is -2.50. The van der Waals surface area contributed by atoms with E-state index in [1.54, 1.807) is 0 Å². The van der Waals surface area contributed by atoms with Gasteiger partial charge in [0, 0.05) is 11.6 Å². The molecule has 0 aromatic heterocycles. The van der Waals surface area contributed by atoms with Crippen molar-refractivity contribution < 1.29 is 0 Å². The van der Waals surface area contributed by atoms with Crippen LogP contribution in [0.3, 0.4) is 0 Å². The molecule has 1 rings (SSSR count). The Morgan fingerprint density at radius 3 is 1.95 bits per heavy atom. The molecule has 19 heavy (non-hydrogen) atoms. The Bertz CT molecular complexity index is 227. The average Bonchev–Trinajstić information content (AvgIpc) is 2.39. The van der Waals surface area contributed by atoms with Gasteiger partial charge in [-0.1, -0.05) is 53.9 Å². The van der Waals surface area contributed by atoms with Crippen LogP contribution in [0.25, 0.3) is 0 Å². The van der Waals surface area contributed by atoms with Gasteiger partial charge in [-0.05, 0) is 44.8 Å². The molecule has 2 nitrogen and oxygen atoms in total. The summed E-state index contributed by atoms with van der Waals surface area (Å²) >= 11 is 0. The fourth-order valence-corrected chi connectivity index (χ4v) is 4.06. The second kappa shape index (κ2) is 8.26. The molecule has 0 saturated heterocycles. The molecule has 1 atom stereocenters. The highest BCUT2D eigenvalue weighted by atomic mass is 15.2. The molecule has 1 saturated carbocycles. The number of rotatable bonds is 10. The summed E-state index contributed by atoms with van der Waals surface area (Å²) in [6.45, 7) is 15.1. The minimum absolute atomic E-state index is 0.356. The molecule has 1 N–H and O–H groups in total. The Balaban J connectivity index is 2.87. The normalized spacial score (nSPS) is 18.6. The smallest absolute Gasteiger partial charge is 0.0357 e. The zero-order valence-electron chi connectivity index (χ0n) is 14.0. The van der Waals surface area contributed by atoms with Gasteiger partial charge in [0.05, 0.1) is 0 Å². The van der Waals surface area contributed by atoms with Gasteiger partial charge in [0.15, 0.2) is 0 Å². The van der Waals surface area contributed by atoms with Gasteiger partial charge in [0.1, 0.15) is 0 Å². The van der Waals surface area contributed by atoms with Crippen molar-refractivity contribution in [1.82, 2.24) is 10.2 Å². The van der Waals surface area contributed by atoms with Crippen molar-refractivity contribution in [2.75, 3.05) is 19.6 Å². The van der Waals surface area contributed by atoms with Crippen LogP contribution in [0.2, 0.25) is 0 Å². The van der Waals surface area contributed by atoms with E-state index in [4.69, 9.17) is 0 Å². The topological polar surface area (TPSA) is 15.3 Å². The highest BCUT2D eigenvalue weighted by Crippen LogP contribution is 2.37. The maximum atomic E-state index is 3.83. The number of hydrogen-bond acceptors (Lipinski definition) is 2. The molecule has 0 aromatic carbocycles. The summed E-state index contributed by atoms with van der Waals surface area (Å²) in [5, 5.41) is 3.83. The molecule has 114 valence electrons. The van der Waals surface area contributed by atoms with E-state index < -0.39 is 0 Å². The zero-order chi connectivity index (χ0) is 14.3. The van der Waals surface area contributed by atoms with Crippen molar-refractivity contribution in [1.29, 1.82) is 0 Å². The van der Waals surface area contributed by atoms with E-state index in [1.165, 1.54) is 51.6 Å². The van der Waals surface area contributed by atoms with Crippen LogP contribution in [0.4, 0.5) is 0 Å². The quantitative estimate of drug-likeness (QED) is 0.643. The van der Waals surface area contributed by atoms with Crippen molar-refractivity contribution in [2.45, 2.75) is 84.7 Å². The van der Waals surface area contributed by atoms with E-state index in [2.05, 4.69) is 44.8 Å². The molecular weight excluding hydrogens is 232 g/mol. The standard InChI is InChI=1S/C17H36N2/c1-6-17(7-2,19(9-4)10-5)16(18-8-3)14-15-12-11-13-15/h15-16,18H,6-14H2,1-5H3. The van der Waals surface area contributed by atoms with Crippen molar-refractivity contribution in [3.8, 4) is 0 Å². The summed E-state index contributed by atoms with van der Waals surface area (Å²) in [5.41, 5.74) is 0.356. The van der Waals surface area contributed by atoms with Crippen LogP contribution >= 0.6 is 0 Å². The first-order chi connectivity index (χ1) is 9.18. The first kappa shape index (κ1) is 17.0. The van der Waals surface area contributed by atoms with E-state index in [-0.39, 0.29) is 0 Å². The second-order valence-corrected chi connectivity index (χ2v) is 6.13. The predicted octanol–water partition coefficient (Wildman–Crippen LogP) is 4.06. The van der Waals surface area contributed by atoms with Crippen LogP contribution < -0.4 is 5.32 Å². The van der Waals surface area contributed by atoms with E-state index >= 15 is 0 Å². The average molecular weight is 268 g/mol. The SMILES string of the molecule is CCNC(CC1CCC1)C(CC)(CC)N(CC)CC. The van der Waals surface area contributed by atoms with Crippen molar-refractivity contribution in [3.63, 3.8) is 0 Å². The number of hydrogen-bond donors (Lipinski definition) is 1. The molecule has 1 fully saturated rings. The third-order valence-corrected chi connectivity index (χ3v) is 5.51. The molecular formula is C17H36N2. The van der Waals surface area contributed by atoms with Gasteiger partial charge < -0.3 is 5.32 Å². The fraction of sp³-hybridized carbons (Fsp3) is 1.00. The van der Waals surface area contributed by atoms with Crippen LogP contribution in [0.5, 0.6) is 0 Å². The summed E-state index contributed by atoms with van der Waals surface area (Å²) in [4.78, 5) is 2.71. The van der Waals surface area contributed by atoms with Crippen molar-refractivity contribution in [3.05, 3.63) is 0 Å². The highest BCUT2D eigenvalue weighted by Gasteiger charge is 2.40. The van der Waals surface area contributed by atoms with E-state index in [0.29, 0.717) is 11.6 Å². The molecule has 1 aliphatic carbocycles. The molecule has 2 heteroatoms. The van der Waals surface area contributed by atoms with Gasteiger partial charge in [-0.2, -0.15) is 0 Å². The molecule has 0 aliphatic heterocycles. The summed E-state index contributed by atoms with van der Waals surface area (Å²) in [5.74, 6) is 0.983. The van der Waals surface area contributed by atoms with Crippen molar-refractivity contribution >= 4 is 0 Å². The summed E-state index contributed by atoms with van der Waals surface area (Å²) in [6, 6.07) is 0.665. The minimum atomic E-state index is 0.356. The lowest BCUT2D eigenvalue weighted by atomic mass is 9.73. The minimum Gasteiger partial charge on any atom is -0.312 e. The van der Waals surface area contributed by atoms with Gasteiger partial charge in [0.2, 0.25) is 0 Å². The van der Waals surface area contributed by atoms with Crippen LogP contribution in [-0.2, 0) is 0 Å². The Morgan fingerprint density at radius 2 is 1.63 bits per heavy atom. The zero-order valence-corrected chi connectivity index (χ0v) is 14.0. The van der Waals surface area contributed by atoms with Crippen LogP contribution in [0.15, 0.2) is 0 Å². The first-order valence-electron chi connectivity index (χ1n) is 8.66. The molecule has 0 spiro atoms. The van der Waals surface area contributed by atoms with Crippen LogP contribution in [-0.4, -0.2) is 36.1 Å². The number of likely N-dealkylation sites (N-methyl/N-ethyl adjacent to an activating group) is 2. The van der Waals surface area contributed by atoms with Gasteiger partial charge >= 0.3 is 0 Å². The summed E-state index contributed by atoms with van der Waals surface area (Å²) in [6.07, 6.45) is 8.28. The fourth-order valence-electron chi connectivity index (χ4n) is 4.06. The molecule has 1 aliphatic rings. The third kappa shape index (κ3) is 3.72. The van der Waals surface area contributed by atoms with Crippen LogP contribution in [0.1, 0.15) is 73.1 Å². The second-order valence-electron chi connectivity index (χ2n) is 6.13. The maximum Gasteiger partial charge on any atom is 0.0357 e.